The molecule has 0 radical (unpaired) electrons. The molecule has 4 heteroatoms. The smallest absolute Gasteiger partial charge is 0.194 e. The summed E-state index contributed by atoms with van der Waals surface area (Å²) in [5.74, 6) is 0. The Bertz CT molecular complexity index is 2380. The minimum Gasteiger partial charge on any atom is -0.309 e. The Kier molecular flexibility index (Phi) is 5.29. The van der Waals surface area contributed by atoms with Crippen LogP contribution in [-0.2, 0) is 10.8 Å². The third-order valence-electron chi connectivity index (χ3n) is 10.4. The van der Waals surface area contributed by atoms with Gasteiger partial charge in [-0.15, -0.1) is 0 Å². The van der Waals surface area contributed by atoms with Gasteiger partial charge in [-0.25, -0.2) is 0 Å². The van der Waals surface area contributed by atoms with Crippen LogP contribution < -0.4 is 10.9 Å². The predicted octanol–water partition coefficient (Wildman–Crippen LogP) is 8.91. The Hall–Kier alpha value is -5.48. The van der Waals surface area contributed by atoms with Gasteiger partial charge in [-0.3, -0.25) is 9.59 Å². The van der Waals surface area contributed by atoms with E-state index in [4.69, 9.17) is 0 Å². The first-order valence-electron chi connectivity index (χ1n) is 15.9. The fourth-order valence-electron chi connectivity index (χ4n) is 8.36. The molecule has 2 aliphatic rings. The number of pyridine rings is 2. The molecule has 0 aliphatic heterocycles. The van der Waals surface area contributed by atoms with Gasteiger partial charge in [0.25, 0.3) is 0 Å². The first-order valence-corrected chi connectivity index (χ1v) is 15.9. The molecular formula is C42H32N2O2. The van der Waals surface area contributed by atoms with Crippen molar-refractivity contribution in [1.29, 1.82) is 0 Å². The first kappa shape index (κ1) is 26.9. The fourth-order valence-corrected chi connectivity index (χ4v) is 8.36. The van der Waals surface area contributed by atoms with Gasteiger partial charge in [-0.05, 0) is 47.5 Å². The van der Waals surface area contributed by atoms with Gasteiger partial charge in [0.2, 0.25) is 0 Å². The lowest BCUT2D eigenvalue weighted by Crippen LogP contribution is -2.27. The van der Waals surface area contributed by atoms with Crippen LogP contribution in [-0.4, -0.2) is 9.13 Å². The molecule has 9 rings (SSSR count). The molecule has 0 saturated carbocycles. The van der Waals surface area contributed by atoms with Gasteiger partial charge in [-0.1, -0.05) is 113 Å². The van der Waals surface area contributed by atoms with E-state index >= 15 is 0 Å². The summed E-state index contributed by atoms with van der Waals surface area (Å²) in [6, 6.07) is 41.2. The van der Waals surface area contributed by atoms with E-state index in [0.717, 1.165) is 67.2 Å². The van der Waals surface area contributed by atoms with Crippen molar-refractivity contribution < 1.29 is 0 Å². The van der Waals surface area contributed by atoms with Gasteiger partial charge in [0, 0.05) is 55.2 Å². The summed E-state index contributed by atoms with van der Waals surface area (Å²) in [7, 11) is 0. The minimum atomic E-state index is -0.505. The summed E-state index contributed by atoms with van der Waals surface area (Å²) in [6.45, 7) is 8.54. The highest BCUT2D eigenvalue weighted by Gasteiger charge is 2.42. The van der Waals surface area contributed by atoms with E-state index in [-0.39, 0.29) is 10.9 Å². The molecule has 5 aromatic carbocycles. The zero-order valence-electron chi connectivity index (χ0n) is 26.3. The maximum absolute atomic E-state index is 14.8. The van der Waals surface area contributed by atoms with Crippen LogP contribution in [0.1, 0.15) is 49.9 Å². The molecule has 0 bridgehead atoms. The third kappa shape index (κ3) is 3.28. The Morgan fingerprint density at radius 3 is 1.24 bits per heavy atom. The summed E-state index contributed by atoms with van der Waals surface area (Å²) < 4.78 is 4.48. The Morgan fingerprint density at radius 1 is 0.457 bits per heavy atom. The second-order valence-corrected chi connectivity index (χ2v) is 13.7. The molecule has 2 aromatic heterocycles. The summed E-state index contributed by atoms with van der Waals surface area (Å²) in [4.78, 5) is 29.6. The van der Waals surface area contributed by atoms with Crippen LogP contribution in [0.2, 0.25) is 0 Å². The van der Waals surface area contributed by atoms with Crippen molar-refractivity contribution in [3.8, 4) is 33.9 Å². The van der Waals surface area contributed by atoms with Crippen molar-refractivity contribution in [2.24, 2.45) is 0 Å². The summed E-state index contributed by atoms with van der Waals surface area (Å²) in [6.07, 6.45) is 0. The first-order chi connectivity index (χ1) is 22.2. The Morgan fingerprint density at radius 2 is 0.826 bits per heavy atom. The van der Waals surface area contributed by atoms with E-state index in [1.807, 2.05) is 66.7 Å². The van der Waals surface area contributed by atoms with Crippen molar-refractivity contribution in [1.82, 2.24) is 9.13 Å². The van der Waals surface area contributed by atoms with Gasteiger partial charge < -0.3 is 9.13 Å². The lowest BCUT2D eigenvalue weighted by atomic mass is 9.81. The summed E-state index contributed by atoms with van der Waals surface area (Å²) >= 11 is 0. The molecule has 0 N–H and O–H groups in total. The number of fused-ring (bicyclic) bond motifs is 8. The molecule has 0 fully saturated rings. The highest BCUT2D eigenvalue weighted by Crippen LogP contribution is 2.51. The van der Waals surface area contributed by atoms with E-state index in [2.05, 4.69) is 91.4 Å². The fraction of sp³-hybridized carbons (Fsp3) is 0.143. The normalized spacial score (nSPS) is 15.0. The molecule has 0 unspecified atom stereocenters. The average molecular weight is 597 g/mol. The van der Waals surface area contributed by atoms with Gasteiger partial charge in [0.1, 0.15) is 0 Å². The standard InChI is InChI=1S/C42H32N2O2/c1-41(2)31-21-13-11-19-27(31)37-35(41)39(45)29-23-30-34(24-33(29)43(37)25-15-7-5-8-16-25)44(26-17-9-6-10-18-26)38-28-20-12-14-22-32(28)42(3,4)36(38)40(30)46/h5-24H,1-4H3. The van der Waals surface area contributed by atoms with Crippen LogP contribution in [0.15, 0.2) is 131 Å². The minimum absolute atomic E-state index is 0.0195. The number of benzene rings is 5. The lowest BCUT2D eigenvalue weighted by molar-refractivity contribution is 0.654. The van der Waals surface area contributed by atoms with Gasteiger partial charge in [-0.2, -0.15) is 0 Å². The molecule has 4 nitrogen and oxygen atoms in total. The molecule has 0 amide bonds. The van der Waals surface area contributed by atoms with Crippen LogP contribution in [0, 0.1) is 0 Å². The lowest BCUT2D eigenvalue weighted by Gasteiger charge is -2.25. The maximum Gasteiger partial charge on any atom is 0.194 e. The Balaban J connectivity index is 1.55. The topological polar surface area (TPSA) is 44.0 Å². The van der Waals surface area contributed by atoms with Crippen LogP contribution >= 0.6 is 0 Å². The number of hydrogen-bond donors (Lipinski definition) is 0. The zero-order chi connectivity index (χ0) is 31.5. The van der Waals surface area contributed by atoms with Gasteiger partial charge >= 0.3 is 0 Å². The second-order valence-electron chi connectivity index (χ2n) is 13.7. The summed E-state index contributed by atoms with van der Waals surface area (Å²) in [5, 5.41) is 1.11. The number of nitrogens with zero attached hydrogens (tertiary/aromatic N) is 2. The highest BCUT2D eigenvalue weighted by molar-refractivity contribution is 6.01. The van der Waals surface area contributed by atoms with Gasteiger partial charge in [0.05, 0.1) is 22.4 Å². The van der Waals surface area contributed by atoms with Crippen molar-refractivity contribution in [3.63, 3.8) is 0 Å². The number of aromatic nitrogens is 2. The number of para-hydroxylation sites is 2. The average Bonchev–Trinajstić information content (AvgIpc) is 3.46. The molecule has 222 valence electrons. The number of rotatable bonds is 2. The molecule has 0 atom stereocenters. The number of hydrogen-bond acceptors (Lipinski definition) is 2. The van der Waals surface area contributed by atoms with Gasteiger partial charge in [0.15, 0.2) is 10.9 Å². The van der Waals surface area contributed by atoms with Crippen molar-refractivity contribution in [2.45, 2.75) is 38.5 Å². The van der Waals surface area contributed by atoms with E-state index in [1.165, 1.54) is 0 Å². The monoisotopic (exact) mass is 596 g/mol. The largest absolute Gasteiger partial charge is 0.309 e. The molecule has 0 saturated heterocycles. The van der Waals surface area contributed by atoms with E-state index in [0.29, 0.717) is 10.8 Å². The van der Waals surface area contributed by atoms with Crippen molar-refractivity contribution >= 4 is 21.8 Å². The molecule has 7 aromatic rings. The van der Waals surface area contributed by atoms with E-state index in [9.17, 15) is 9.59 Å². The predicted molar refractivity (Wildman–Crippen MR) is 188 cm³/mol. The maximum atomic E-state index is 14.8. The van der Waals surface area contributed by atoms with E-state index < -0.39 is 10.8 Å². The van der Waals surface area contributed by atoms with Crippen molar-refractivity contribution in [3.05, 3.63) is 164 Å². The van der Waals surface area contributed by atoms with Crippen LogP contribution in [0.3, 0.4) is 0 Å². The molecular weight excluding hydrogens is 564 g/mol. The molecule has 0 spiro atoms. The zero-order valence-corrected chi connectivity index (χ0v) is 26.3. The molecule has 2 heterocycles. The highest BCUT2D eigenvalue weighted by atomic mass is 16.1. The van der Waals surface area contributed by atoms with Crippen LogP contribution in [0.4, 0.5) is 0 Å². The van der Waals surface area contributed by atoms with E-state index in [1.54, 1.807) is 0 Å². The Labute approximate surface area is 266 Å². The SMILES string of the molecule is CC1(C)c2ccccc2-c2c1c(=O)c1cc3c(=O)c4c(n(-c5ccccc5)c3cc1n2-c1ccccc1)-c1ccccc1C4(C)C. The van der Waals surface area contributed by atoms with Crippen LogP contribution in [0.5, 0.6) is 0 Å². The molecule has 2 aliphatic carbocycles. The summed E-state index contributed by atoms with van der Waals surface area (Å²) in [5.41, 5.74) is 10.2. The second kappa shape index (κ2) is 9.04. The molecule has 46 heavy (non-hydrogen) atoms. The van der Waals surface area contributed by atoms with Crippen molar-refractivity contribution in [2.75, 3.05) is 0 Å². The van der Waals surface area contributed by atoms with Crippen LogP contribution in [0.25, 0.3) is 55.7 Å². The third-order valence-corrected chi connectivity index (χ3v) is 10.4. The quantitative estimate of drug-likeness (QED) is 0.187.